The van der Waals surface area contributed by atoms with Crippen LogP contribution in [0.3, 0.4) is 0 Å². The van der Waals surface area contributed by atoms with Crippen molar-refractivity contribution in [3.63, 3.8) is 0 Å². The predicted octanol–water partition coefficient (Wildman–Crippen LogP) is 13.7. The minimum Gasteiger partial charge on any atom is -0.371 e. The molecule has 4 aromatic carbocycles. The lowest BCUT2D eigenvalue weighted by Gasteiger charge is -2.39. The van der Waals surface area contributed by atoms with E-state index in [0.717, 1.165) is 85.1 Å². The zero-order chi connectivity index (χ0) is 41.9. The third-order valence-electron chi connectivity index (χ3n) is 11.5. The zero-order valence-corrected chi connectivity index (χ0v) is 39.9. The van der Waals surface area contributed by atoms with Gasteiger partial charge in [0.25, 0.3) is 0 Å². The van der Waals surface area contributed by atoms with Gasteiger partial charge in [0.05, 0.1) is 27.4 Å². The molecule has 8 rings (SSSR count). The number of hydrogen-bond acceptors (Lipinski definition) is 6. The molecule has 6 aromatic rings. The summed E-state index contributed by atoms with van der Waals surface area (Å²) in [5.74, 6) is 0. The minimum absolute atomic E-state index is 0.657. The third-order valence-corrected chi connectivity index (χ3v) is 13.4. The molecule has 0 unspecified atom stereocenters. The lowest BCUT2D eigenvalue weighted by molar-refractivity contribution is 0.178. The van der Waals surface area contributed by atoms with Crippen molar-refractivity contribution >= 4 is 94.2 Å². The molecule has 0 saturated carbocycles. The van der Waals surface area contributed by atoms with Gasteiger partial charge in [-0.2, -0.15) is 0 Å². The van der Waals surface area contributed by atoms with Gasteiger partial charge in [-0.25, -0.2) is 9.97 Å². The van der Waals surface area contributed by atoms with Gasteiger partial charge in [-0.1, -0.05) is 119 Å². The number of rotatable bonds is 9. The van der Waals surface area contributed by atoms with Crippen molar-refractivity contribution in [1.82, 2.24) is 25.1 Å². The molecule has 0 radical (unpaired) electrons. The second kappa shape index (κ2) is 22.3. The highest BCUT2D eigenvalue weighted by molar-refractivity contribution is 9.10. The summed E-state index contributed by atoms with van der Waals surface area (Å²) in [6.07, 6.45) is 5.07. The first-order valence-corrected chi connectivity index (χ1v) is 23.6. The van der Waals surface area contributed by atoms with Gasteiger partial charge in [0, 0.05) is 71.8 Å². The van der Waals surface area contributed by atoms with Gasteiger partial charge in [0.2, 0.25) is 0 Å². The molecule has 2 saturated heterocycles. The third kappa shape index (κ3) is 12.2. The first kappa shape index (κ1) is 45.7. The van der Waals surface area contributed by atoms with Crippen molar-refractivity contribution < 1.29 is 0 Å². The molecule has 59 heavy (non-hydrogen) atoms. The molecule has 0 atom stereocenters. The standard InChI is InChI=1S/C24H27BrClN3.C15H8BrCl2N.C9H20N2/c1-3-28(4-2)20-11-13-29(14-12-20)24-16-22(17-5-7-18(25)8-6-17)27-23-15-19(26)9-10-21(23)24;16-10-3-1-9(2-4-10)14-8-13(18)12-6-5-11(17)7-15(12)19-14;1-3-11(4-2)9-5-7-10-8-6-9/h5-10,15-16,20H,3-4,11-14H2,1-2H3;1-8H;9-10H,3-8H2,1-2H3. The number of anilines is 1. The van der Waals surface area contributed by atoms with Gasteiger partial charge in [0.1, 0.15) is 0 Å². The van der Waals surface area contributed by atoms with Crippen LogP contribution in [0.2, 0.25) is 15.1 Å². The first-order chi connectivity index (χ1) is 28.6. The largest absolute Gasteiger partial charge is 0.371 e. The predicted molar refractivity (Wildman–Crippen MR) is 262 cm³/mol. The maximum absolute atomic E-state index is 6.30. The van der Waals surface area contributed by atoms with Gasteiger partial charge >= 0.3 is 0 Å². The van der Waals surface area contributed by atoms with Crippen LogP contribution in [0.5, 0.6) is 0 Å². The molecule has 0 aliphatic carbocycles. The molecule has 2 aliphatic rings. The second-order valence-corrected chi connectivity index (χ2v) is 18.1. The van der Waals surface area contributed by atoms with E-state index in [0.29, 0.717) is 16.1 Å². The number of halogens is 5. The van der Waals surface area contributed by atoms with Crippen molar-refractivity contribution in [2.24, 2.45) is 0 Å². The molecule has 11 heteroatoms. The fourth-order valence-electron chi connectivity index (χ4n) is 8.26. The summed E-state index contributed by atoms with van der Waals surface area (Å²) in [4.78, 5) is 17.2. The highest BCUT2D eigenvalue weighted by atomic mass is 79.9. The smallest absolute Gasteiger partial charge is 0.0745 e. The van der Waals surface area contributed by atoms with E-state index >= 15 is 0 Å². The van der Waals surface area contributed by atoms with E-state index in [1.54, 1.807) is 0 Å². The lowest BCUT2D eigenvalue weighted by atomic mass is 10.0. The number of hydrogen-bond donors (Lipinski definition) is 1. The molecule has 2 fully saturated rings. The van der Waals surface area contributed by atoms with E-state index in [2.05, 4.69) is 121 Å². The molecule has 2 aromatic heterocycles. The monoisotopic (exact) mass is 978 g/mol. The summed E-state index contributed by atoms with van der Waals surface area (Å²) in [5.41, 5.74) is 7.00. The highest BCUT2D eigenvalue weighted by Gasteiger charge is 2.25. The quantitative estimate of drug-likeness (QED) is 0.156. The van der Waals surface area contributed by atoms with Crippen LogP contribution < -0.4 is 10.2 Å². The molecule has 6 nitrogen and oxygen atoms in total. The Hall–Kier alpha value is -2.79. The van der Waals surface area contributed by atoms with Crippen LogP contribution >= 0.6 is 66.7 Å². The van der Waals surface area contributed by atoms with Crippen LogP contribution in [0.25, 0.3) is 44.3 Å². The van der Waals surface area contributed by atoms with Gasteiger partial charge in [-0.3, -0.25) is 0 Å². The van der Waals surface area contributed by atoms with Crippen molar-refractivity contribution in [2.45, 2.75) is 65.5 Å². The second-order valence-electron chi connectivity index (χ2n) is 15.0. The van der Waals surface area contributed by atoms with Crippen molar-refractivity contribution in [3.8, 4) is 22.5 Å². The lowest BCUT2D eigenvalue weighted by Crippen LogP contribution is -2.44. The summed E-state index contributed by atoms with van der Waals surface area (Å²) in [5, 5.41) is 7.54. The molecule has 0 spiro atoms. The summed E-state index contributed by atoms with van der Waals surface area (Å²) in [6.45, 7) is 18.3. The van der Waals surface area contributed by atoms with E-state index in [1.807, 2.05) is 60.7 Å². The van der Waals surface area contributed by atoms with Gasteiger partial charge < -0.3 is 20.0 Å². The normalized spacial score (nSPS) is 15.0. The molecular weight excluding hydrogens is 927 g/mol. The fraction of sp³-hybridized carbons (Fsp3) is 0.375. The maximum Gasteiger partial charge on any atom is 0.0745 e. The van der Waals surface area contributed by atoms with Gasteiger partial charge in [-0.05, 0) is 138 Å². The number of benzene rings is 4. The average molecular weight is 982 g/mol. The Morgan fingerprint density at radius 3 is 1.51 bits per heavy atom. The number of nitrogens with one attached hydrogen (secondary N) is 1. The van der Waals surface area contributed by atoms with E-state index in [1.165, 1.54) is 62.9 Å². The molecule has 2 aliphatic heterocycles. The molecule has 0 bridgehead atoms. The minimum atomic E-state index is 0.657. The Morgan fingerprint density at radius 2 is 1.02 bits per heavy atom. The summed E-state index contributed by atoms with van der Waals surface area (Å²) in [7, 11) is 0. The Morgan fingerprint density at radius 1 is 0.576 bits per heavy atom. The Bertz CT molecular complexity index is 2250. The molecule has 4 heterocycles. The van der Waals surface area contributed by atoms with E-state index in [9.17, 15) is 0 Å². The number of pyridine rings is 2. The van der Waals surface area contributed by atoms with Gasteiger partial charge in [-0.15, -0.1) is 0 Å². The van der Waals surface area contributed by atoms with E-state index in [4.69, 9.17) is 39.8 Å². The summed E-state index contributed by atoms with van der Waals surface area (Å²) >= 11 is 25.5. The van der Waals surface area contributed by atoms with E-state index < -0.39 is 0 Å². The molecule has 312 valence electrons. The fourth-order valence-corrected chi connectivity index (χ4v) is 9.39. The van der Waals surface area contributed by atoms with Crippen molar-refractivity contribution in [3.05, 3.63) is 121 Å². The number of fused-ring (bicyclic) bond motifs is 2. The number of piperidine rings is 2. The van der Waals surface area contributed by atoms with Crippen LogP contribution in [-0.4, -0.2) is 84.2 Å². The molecular formula is C48H55Br2Cl3N6. The summed E-state index contributed by atoms with van der Waals surface area (Å²) in [6, 6.07) is 33.6. The maximum atomic E-state index is 6.30. The number of nitrogens with zero attached hydrogens (tertiary/aromatic N) is 5. The van der Waals surface area contributed by atoms with Crippen LogP contribution in [-0.2, 0) is 0 Å². The molecule has 0 amide bonds. The zero-order valence-electron chi connectivity index (χ0n) is 34.5. The Balaban J connectivity index is 0.000000166. The SMILES string of the molecule is CCN(CC)C1CCN(c2cc(-c3ccc(Br)cc3)nc3cc(Cl)ccc23)CC1.CCN(CC)C1CCNCC1.Clc1ccc2c(Cl)cc(-c3ccc(Br)cc3)nc2c1. The topological polar surface area (TPSA) is 47.5 Å². The van der Waals surface area contributed by atoms with E-state index in [-0.39, 0.29) is 0 Å². The van der Waals surface area contributed by atoms with Crippen LogP contribution in [0.4, 0.5) is 5.69 Å². The Labute approximate surface area is 382 Å². The van der Waals surface area contributed by atoms with Crippen LogP contribution in [0, 0.1) is 0 Å². The van der Waals surface area contributed by atoms with Crippen molar-refractivity contribution in [1.29, 1.82) is 0 Å². The van der Waals surface area contributed by atoms with Crippen LogP contribution in [0.15, 0.2) is 106 Å². The molecule has 1 N–H and O–H groups in total. The first-order valence-electron chi connectivity index (χ1n) is 20.9. The Kier molecular flexibility index (Phi) is 17.3. The highest BCUT2D eigenvalue weighted by Crippen LogP contribution is 2.35. The van der Waals surface area contributed by atoms with Gasteiger partial charge in [0.15, 0.2) is 0 Å². The van der Waals surface area contributed by atoms with Crippen molar-refractivity contribution in [2.75, 3.05) is 57.3 Å². The summed E-state index contributed by atoms with van der Waals surface area (Å²) < 4.78 is 2.11. The average Bonchev–Trinajstić information content (AvgIpc) is 3.25. The number of aromatic nitrogens is 2. The van der Waals surface area contributed by atoms with Crippen LogP contribution in [0.1, 0.15) is 53.4 Å².